The van der Waals surface area contributed by atoms with Crippen LogP contribution in [0.5, 0.6) is 0 Å². The second kappa shape index (κ2) is 6.38. The predicted octanol–water partition coefficient (Wildman–Crippen LogP) is 3.98. The van der Waals surface area contributed by atoms with E-state index in [0.717, 1.165) is 5.92 Å². The Hall–Kier alpha value is -1.08. The Morgan fingerprint density at radius 2 is 1.68 bits per heavy atom. The molecule has 0 aliphatic heterocycles. The van der Waals surface area contributed by atoms with Gasteiger partial charge in [0.05, 0.1) is 9.52 Å². The summed E-state index contributed by atoms with van der Waals surface area (Å²) < 4.78 is 0. The first kappa shape index (κ1) is 14.3. The highest BCUT2D eigenvalue weighted by atomic mass is 28.2. The van der Waals surface area contributed by atoms with Crippen LogP contribution in [0.1, 0.15) is 40.5 Å². The van der Waals surface area contributed by atoms with Gasteiger partial charge >= 0.3 is 0 Å². The fraction of sp³-hybridized carbons (Fsp3) is 0.444. The van der Waals surface area contributed by atoms with Crippen molar-refractivity contribution in [3.05, 3.63) is 52.6 Å². The van der Waals surface area contributed by atoms with Crippen molar-refractivity contribution in [3.63, 3.8) is 0 Å². The zero-order chi connectivity index (χ0) is 13.8. The summed E-state index contributed by atoms with van der Waals surface area (Å²) in [6.45, 7) is 9.29. The van der Waals surface area contributed by atoms with Crippen LogP contribution in [0.15, 0.2) is 52.6 Å². The fourth-order valence-electron chi connectivity index (χ4n) is 3.30. The summed E-state index contributed by atoms with van der Waals surface area (Å²) in [7, 11) is -0.135. The number of rotatable bonds is 5. The van der Waals surface area contributed by atoms with Gasteiger partial charge in [0.15, 0.2) is 0 Å². The molecule has 1 heteroatoms. The first-order valence-electron chi connectivity index (χ1n) is 7.56. The number of benzene rings is 1. The van der Waals surface area contributed by atoms with Crippen molar-refractivity contribution in [1.29, 1.82) is 0 Å². The molecule has 0 saturated heterocycles. The van der Waals surface area contributed by atoms with Gasteiger partial charge in [-0.2, -0.15) is 0 Å². The van der Waals surface area contributed by atoms with Crippen LogP contribution >= 0.6 is 0 Å². The van der Waals surface area contributed by atoms with Gasteiger partial charge in [-0.15, -0.1) is 0 Å². The van der Waals surface area contributed by atoms with Gasteiger partial charge in [-0.25, -0.2) is 0 Å². The molecule has 102 valence electrons. The van der Waals surface area contributed by atoms with Crippen LogP contribution in [0.4, 0.5) is 0 Å². The van der Waals surface area contributed by atoms with E-state index in [0.29, 0.717) is 0 Å². The van der Waals surface area contributed by atoms with E-state index in [2.05, 4.69) is 58.0 Å². The van der Waals surface area contributed by atoms with Crippen LogP contribution in [0.2, 0.25) is 6.04 Å². The van der Waals surface area contributed by atoms with Crippen molar-refractivity contribution in [2.75, 3.05) is 0 Å². The Morgan fingerprint density at radius 3 is 2.32 bits per heavy atom. The molecule has 0 N–H and O–H groups in total. The second-order valence-corrected chi connectivity index (χ2v) is 7.68. The molecule has 1 atom stereocenters. The van der Waals surface area contributed by atoms with E-state index in [-0.39, 0.29) is 9.52 Å². The fourth-order valence-corrected chi connectivity index (χ4v) is 5.31. The third-order valence-corrected chi connectivity index (χ3v) is 6.58. The second-order valence-electron chi connectivity index (χ2n) is 5.79. The van der Waals surface area contributed by atoms with Crippen LogP contribution in [0, 0.1) is 5.92 Å². The quantitative estimate of drug-likeness (QED) is 0.710. The Kier molecular flexibility index (Phi) is 4.81. The third-order valence-electron chi connectivity index (χ3n) is 4.66. The molecule has 1 aromatic carbocycles. The zero-order valence-corrected chi connectivity index (χ0v) is 14.2. The maximum absolute atomic E-state index is 2.35. The molecule has 1 aromatic rings. The van der Waals surface area contributed by atoms with Gasteiger partial charge in [-0.05, 0) is 50.3 Å². The lowest BCUT2D eigenvalue weighted by atomic mass is 9.94. The molecule has 0 amide bonds. The van der Waals surface area contributed by atoms with Gasteiger partial charge in [0.2, 0.25) is 0 Å². The predicted molar refractivity (Wildman–Crippen MR) is 88.9 cm³/mol. The first-order valence-corrected chi connectivity index (χ1v) is 9.27. The van der Waals surface area contributed by atoms with E-state index in [4.69, 9.17) is 0 Å². The normalized spacial score (nSPS) is 20.1. The highest BCUT2D eigenvalue weighted by Crippen LogP contribution is 2.40. The van der Waals surface area contributed by atoms with Crippen molar-refractivity contribution in [2.24, 2.45) is 5.92 Å². The molecule has 0 bridgehead atoms. The molecular formula is C18H26Si. The molecule has 0 fully saturated rings. The van der Waals surface area contributed by atoms with Crippen LogP contribution in [-0.4, -0.2) is 9.52 Å². The van der Waals surface area contributed by atoms with Gasteiger partial charge in [-0.3, -0.25) is 0 Å². The lowest BCUT2D eigenvalue weighted by molar-refractivity contribution is 0.733. The van der Waals surface area contributed by atoms with E-state index in [1.165, 1.54) is 18.9 Å². The molecule has 19 heavy (non-hydrogen) atoms. The highest BCUT2D eigenvalue weighted by Gasteiger charge is 2.26. The van der Waals surface area contributed by atoms with Crippen LogP contribution in [0.25, 0.3) is 0 Å². The number of hydrogen-bond donors (Lipinski definition) is 0. The van der Waals surface area contributed by atoms with Crippen molar-refractivity contribution < 1.29 is 0 Å². The average Bonchev–Trinajstić information content (AvgIpc) is 2.63. The summed E-state index contributed by atoms with van der Waals surface area (Å²) in [5.74, 6) is 0.756. The molecule has 2 rings (SSSR count). The molecule has 1 aliphatic rings. The summed E-state index contributed by atoms with van der Waals surface area (Å²) in [5.41, 5.74) is 6.53. The summed E-state index contributed by atoms with van der Waals surface area (Å²) in [6, 6.07) is 12.5. The monoisotopic (exact) mass is 270 g/mol. The summed E-state index contributed by atoms with van der Waals surface area (Å²) in [5, 5.41) is 1.60. The van der Waals surface area contributed by atoms with Gasteiger partial charge in [0, 0.05) is 0 Å². The number of allylic oxidation sites excluding steroid dienone is 4. The van der Waals surface area contributed by atoms with Crippen LogP contribution in [0.3, 0.4) is 0 Å². The van der Waals surface area contributed by atoms with E-state index in [1.807, 2.05) is 0 Å². The Balaban J connectivity index is 2.10. The largest absolute Gasteiger partial charge is 0.0669 e. The molecule has 1 aliphatic carbocycles. The molecular weight excluding hydrogens is 244 g/mol. The SMILES string of the molecule is CCCC1=C(C)C(C)=C(C)C1C[SiH2]c1ccccc1. The van der Waals surface area contributed by atoms with E-state index in [9.17, 15) is 0 Å². The zero-order valence-electron chi connectivity index (χ0n) is 12.8. The molecule has 0 heterocycles. The highest BCUT2D eigenvalue weighted by molar-refractivity contribution is 6.53. The van der Waals surface area contributed by atoms with E-state index < -0.39 is 0 Å². The molecule has 1 unspecified atom stereocenters. The first-order chi connectivity index (χ1) is 9.15. The summed E-state index contributed by atoms with van der Waals surface area (Å²) in [6.07, 6.45) is 2.56. The van der Waals surface area contributed by atoms with Gasteiger partial charge in [0.25, 0.3) is 0 Å². The topological polar surface area (TPSA) is 0 Å². The van der Waals surface area contributed by atoms with E-state index in [1.54, 1.807) is 27.5 Å². The minimum Gasteiger partial charge on any atom is -0.0669 e. The minimum absolute atomic E-state index is 0.135. The third kappa shape index (κ3) is 3.09. The molecule has 0 nitrogen and oxygen atoms in total. The maximum atomic E-state index is 2.35. The van der Waals surface area contributed by atoms with Gasteiger partial charge in [-0.1, -0.05) is 60.0 Å². The standard InChI is InChI=1S/C18H26Si/c1-5-9-17-14(3)13(2)15(4)18(17)12-19-16-10-7-6-8-11-16/h6-8,10-11,18H,5,9,12,19H2,1-4H3. The smallest absolute Gasteiger partial charge is 0.0556 e. The van der Waals surface area contributed by atoms with Crippen LogP contribution < -0.4 is 5.19 Å². The Labute approximate surface area is 120 Å². The lowest BCUT2D eigenvalue weighted by Crippen LogP contribution is -2.17. The molecule has 0 saturated carbocycles. The maximum Gasteiger partial charge on any atom is 0.0556 e. The van der Waals surface area contributed by atoms with Crippen molar-refractivity contribution in [3.8, 4) is 0 Å². The minimum atomic E-state index is -0.135. The molecule has 0 radical (unpaired) electrons. The number of hydrogen-bond acceptors (Lipinski definition) is 0. The summed E-state index contributed by atoms with van der Waals surface area (Å²) >= 11 is 0. The Morgan fingerprint density at radius 1 is 1.00 bits per heavy atom. The Bertz CT molecular complexity index is 494. The lowest BCUT2D eigenvalue weighted by Gasteiger charge is -2.17. The van der Waals surface area contributed by atoms with Gasteiger partial charge < -0.3 is 0 Å². The van der Waals surface area contributed by atoms with Crippen LogP contribution in [-0.2, 0) is 0 Å². The van der Waals surface area contributed by atoms with Crippen molar-refractivity contribution >= 4 is 14.7 Å². The van der Waals surface area contributed by atoms with Gasteiger partial charge in [0.1, 0.15) is 0 Å². The van der Waals surface area contributed by atoms with Crippen molar-refractivity contribution in [1.82, 2.24) is 0 Å². The molecule has 0 spiro atoms. The molecule has 0 aromatic heterocycles. The summed E-state index contributed by atoms with van der Waals surface area (Å²) in [4.78, 5) is 0. The van der Waals surface area contributed by atoms with Crippen molar-refractivity contribution in [2.45, 2.75) is 46.6 Å². The average molecular weight is 270 g/mol. The van der Waals surface area contributed by atoms with E-state index >= 15 is 0 Å².